The molecule has 3 aromatic rings. The summed E-state index contributed by atoms with van der Waals surface area (Å²) in [6.07, 6.45) is 1.38. The Balaban J connectivity index is 1.71. The minimum Gasteiger partial charge on any atom is -0.467 e. The Labute approximate surface area is 140 Å². The van der Waals surface area contributed by atoms with E-state index in [0.717, 1.165) is 32.8 Å². The van der Waals surface area contributed by atoms with E-state index in [9.17, 15) is 13.6 Å². The molecule has 0 saturated heterocycles. The molecule has 0 fully saturated rings. The third-order valence-corrected chi connectivity index (χ3v) is 4.59. The lowest BCUT2D eigenvalue weighted by molar-refractivity contribution is -0.118. The third-order valence-electron chi connectivity index (χ3n) is 3.47. The molecule has 5 nitrogen and oxygen atoms in total. The predicted molar refractivity (Wildman–Crippen MR) is 87.4 cm³/mol. The highest BCUT2D eigenvalue weighted by atomic mass is 32.1. The summed E-state index contributed by atoms with van der Waals surface area (Å²) in [6, 6.07) is 3.12. The van der Waals surface area contributed by atoms with E-state index < -0.39 is 17.5 Å². The van der Waals surface area contributed by atoms with Gasteiger partial charge in [-0.3, -0.25) is 4.79 Å². The average molecular weight is 349 g/mol. The van der Waals surface area contributed by atoms with Gasteiger partial charge in [0.05, 0.1) is 5.39 Å². The van der Waals surface area contributed by atoms with E-state index in [4.69, 9.17) is 4.74 Å². The van der Waals surface area contributed by atoms with Crippen LogP contribution in [0, 0.1) is 25.5 Å². The van der Waals surface area contributed by atoms with Gasteiger partial charge >= 0.3 is 0 Å². The molecule has 0 aliphatic heterocycles. The normalized spacial score (nSPS) is 10.8. The number of fused-ring (bicyclic) bond motifs is 1. The number of thiophene rings is 1. The number of benzene rings is 1. The van der Waals surface area contributed by atoms with Crippen molar-refractivity contribution in [3.63, 3.8) is 0 Å². The number of hydrogen-bond donors (Lipinski definition) is 1. The number of hydrogen-bond acceptors (Lipinski definition) is 5. The van der Waals surface area contributed by atoms with Crippen molar-refractivity contribution in [3.05, 3.63) is 46.6 Å². The first-order valence-electron chi connectivity index (χ1n) is 7.04. The van der Waals surface area contributed by atoms with Crippen LogP contribution >= 0.6 is 11.3 Å². The number of amides is 1. The van der Waals surface area contributed by atoms with Gasteiger partial charge < -0.3 is 10.1 Å². The van der Waals surface area contributed by atoms with Gasteiger partial charge in [0, 0.05) is 16.6 Å². The molecule has 0 spiro atoms. The zero-order chi connectivity index (χ0) is 17.3. The number of anilines is 1. The van der Waals surface area contributed by atoms with Crippen molar-refractivity contribution in [1.29, 1.82) is 0 Å². The second kappa shape index (κ2) is 6.48. The molecule has 1 amide bonds. The van der Waals surface area contributed by atoms with Crippen LogP contribution in [-0.4, -0.2) is 22.5 Å². The van der Waals surface area contributed by atoms with Crippen LogP contribution in [0.4, 0.5) is 14.5 Å². The maximum atomic E-state index is 13.1. The standard InChI is InChI=1S/C16H13F2N3O2S/c1-8-9(2)24-16-14(8)15(19-7-20-16)23-6-13(22)21-10-3-4-11(17)12(18)5-10/h3-5,7H,6H2,1-2H3,(H,21,22). The van der Waals surface area contributed by atoms with Gasteiger partial charge in [0.15, 0.2) is 18.2 Å². The molecule has 8 heteroatoms. The van der Waals surface area contributed by atoms with Gasteiger partial charge in [-0.25, -0.2) is 18.7 Å². The van der Waals surface area contributed by atoms with Crippen LogP contribution in [-0.2, 0) is 4.79 Å². The van der Waals surface area contributed by atoms with Crippen molar-refractivity contribution in [1.82, 2.24) is 9.97 Å². The summed E-state index contributed by atoms with van der Waals surface area (Å²) in [5.41, 5.74) is 1.16. The lowest BCUT2D eigenvalue weighted by Gasteiger charge is -2.08. The Morgan fingerprint density at radius 3 is 2.79 bits per heavy atom. The smallest absolute Gasteiger partial charge is 0.262 e. The zero-order valence-electron chi connectivity index (χ0n) is 12.9. The van der Waals surface area contributed by atoms with Crippen LogP contribution in [0.15, 0.2) is 24.5 Å². The molecule has 0 aliphatic rings. The van der Waals surface area contributed by atoms with Crippen LogP contribution < -0.4 is 10.1 Å². The van der Waals surface area contributed by atoms with Crippen LogP contribution in [0.25, 0.3) is 10.2 Å². The SMILES string of the molecule is Cc1sc2ncnc(OCC(=O)Nc3ccc(F)c(F)c3)c2c1C. The van der Waals surface area contributed by atoms with Gasteiger partial charge in [0.25, 0.3) is 5.91 Å². The fourth-order valence-electron chi connectivity index (χ4n) is 2.16. The van der Waals surface area contributed by atoms with Gasteiger partial charge in [0.1, 0.15) is 11.2 Å². The Morgan fingerprint density at radius 2 is 2.04 bits per heavy atom. The lowest BCUT2D eigenvalue weighted by Crippen LogP contribution is -2.20. The van der Waals surface area contributed by atoms with Gasteiger partial charge in [-0.15, -0.1) is 11.3 Å². The molecule has 0 aliphatic carbocycles. The van der Waals surface area contributed by atoms with Crippen LogP contribution in [0.5, 0.6) is 5.88 Å². The molecule has 1 N–H and O–H groups in total. The maximum absolute atomic E-state index is 13.1. The van der Waals surface area contributed by atoms with E-state index in [1.165, 1.54) is 23.7 Å². The van der Waals surface area contributed by atoms with E-state index in [1.807, 2.05) is 13.8 Å². The van der Waals surface area contributed by atoms with Crippen molar-refractivity contribution in [2.75, 3.05) is 11.9 Å². The van der Waals surface area contributed by atoms with Crippen molar-refractivity contribution >= 4 is 33.1 Å². The lowest BCUT2D eigenvalue weighted by atomic mass is 10.2. The molecular weight excluding hydrogens is 336 g/mol. The molecule has 0 saturated carbocycles. The van der Waals surface area contributed by atoms with Gasteiger partial charge in [-0.05, 0) is 31.5 Å². The number of aromatic nitrogens is 2. The molecule has 0 bridgehead atoms. The molecule has 1 aromatic carbocycles. The molecular formula is C16H13F2N3O2S. The number of aryl methyl sites for hydroxylation is 2. The number of carbonyl (C=O) groups is 1. The van der Waals surface area contributed by atoms with Gasteiger partial charge in [0.2, 0.25) is 5.88 Å². The zero-order valence-corrected chi connectivity index (χ0v) is 13.7. The third kappa shape index (κ3) is 3.18. The molecule has 3 rings (SSSR count). The van der Waals surface area contributed by atoms with Crippen LogP contribution in [0.2, 0.25) is 0 Å². The Morgan fingerprint density at radius 1 is 1.25 bits per heavy atom. The summed E-state index contributed by atoms with van der Waals surface area (Å²) in [7, 11) is 0. The van der Waals surface area contributed by atoms with Gasteiger partial charge in [-0.2, -0.15) is 0 Å². The average Bonchev–Trinajstić information content (AvgIpc) is 2.84. The molecule has 2 aromatic heterocycles. The number of nitrogens with zero attached hydrogens (tertiary/aromatic N) is 2. The van der Waals surface area contributed by atoms with Crippen molar-refractivity contribution in [2.24, 2.45) is 0 Å². The fourth-order valence-corrected chi connectivity index (χ4v) is 3.15. The van der Waals surface area contributed by atoms with Crippen LogP contribution in [0.3, 0.4) is 0 Å². The monoisotopic (exact) mass is 349 g/mol. The second-order valence-corrected chi connectivity index (χ2v) is 6.31. The summed E-state index contributed by atoms with van der Waals surface area (Å²) in [5.74, 6) is -2.19. The van der Waals surface area contributed by atoms with Crippen LogP contribution in [0.1, 0.15) is 10.4 Å². The predicted octanol–water partition coefficient (Wildman–Crippen LogP) is 3.60. The number of nitrogens with one attached hydrogen (secondary N) is 1. The number of carbonyl (C=O) groups excluding carboxylic acids is 1. The number of halogens is 2. The first kappa shape index (κ1) is 16.3. The van der Waals surface area contributed by atoms with Crippen molar-refractivity contribution in [3.8, 4) is 5.88 Å². The van der Waals surface area contributed by atoms with E-state index >= 15 is 0 Å². The number of rotatable bonds is 4. The summed E-state index contributed by atoms with van der Waals surface area (Å²) in [4.78, 5) is 22.1. The largest absolute Gasteiger partial charge is 0.467 e. The maximum Gasteiger partial charge on any atom is 0.262 e. The summed E-state index contributed by atoms with van der Waals surface area (Å²) < 4.78 is 31.5. The summed E-state index contributed by atoms with van der Waals surface area (Å²) in [5, 5.41) is 3.22. The van der Waals surface area contributed by atoms with Gasteiger partial charge in [-0.1, -0.05) is 0 Å². The minimum atomic E-state index is -1.03. The first-order chi connectivity index (χ1) is 11.5. The quantitative estimate of drug-likeness (QED) is 0.782. The van der Waals surface area contributed by atoms with E-state index in [2.05, 4.69) is 15.3 Å². The van der Waals surface area contributed by atoms with E-state index in [-0.39, 0.29) is 12.3 Å². The second-order valence-electron chi connectivity index (χ2n) is 5.11. The Hall–Kier alpha value is -2.61. The Bertz CT molecular complexity index is 927. The highest BCUT2D eigenvalue weighted by molar-refractivity contribution is 7.18. The van der Waals surface area contributed by atoms with Crippen molar-refractivity contribution in [2.45, 2.75) is 13.8 Å². The fraction of sp³-hybridized carbons (Fsp3) is 0.188. The first-order valence-corrected chi connectivity index (χ1v) is 7.85. The number of ether oxygens (including phenoxy) is 1. The highest BCUT2D eigenvalue weighted by Gasteiger charge is 2.14. The minimum absolute atomic E-state index is 0.151. The van der Waals surface area contributed by atoms with Crippen molar-refractivity contribution < 1.29 is 18.3 Å². The molecule has 24 heavy (non-hydrogen) atoms. The molecule has 2 heterocycles. The Kier molecular flexibility index (Phi) is 4.39. The molecule has 0 unspecified atom stereocenters. The molecule has 0 radical (unpaired) electrons. The highest BCUT2D eigenvalue weighted by Crippen LogP contribution is 2.33. The topological polar surface area (TPSA) is 64.1 Å². The van der Waals surface area contributed by atoms with E-state index in [0.29, 0.717) is 5.88 Å². The molecule has 124 valence electrons. The summed E-state index contributed by atoms with van der Waals surface area (Å²) in [6.45, 7) is 3.60. The van der Waals surface area contributed by atoms with E-state index in [1.54, 1.807) is 0 Å². The molecule has 0 atom stereocenters. The summed E-state index contributed by atoms with van der Waals surface area (Å²) >= 11 is 1.52.